The van der Waals surface area contributed by atoms with Gasteiger partial charge in [0.1, 0.15) is 12.4 Å². The van der Waals surface area contributed by atoms with Crippen LogP contribution in [-0.4, -0.2) is 26.7 Å². The van der Waals surface area contributed by atoms with E-state index in [2.05, 4.69) is 12.2 Å². The van der Waals surface area contributed by atoms with Crippen LogP contribution in [0.15, 0.2) is 42.5 Å². The first-order chi connectivity index (χ1) is 12.7. The Morgan fingerprint density at radius 2 is 1.69 bits per heavy atom. The highest BCUT2D eigenvalue weighted by atomic mass is 16.5. The van der Waals surface area contributed by atoms with Crippen molar-refractivity contribution in [3.05, 3.63) is 53.6 Å². The van der Waals surface area contributed by atoms with Crippen LogP contribution in [0.4, 0.5) is 0 Å². The van der Waals surface area contributed by atoms with E-state index in [0.29, 0.717) is 29.4 Å². The summed E-state index contributed by atoms with van der Waals surface area (Å²) in [6.07, 6.45) is 3.23. The summed E-state index contributed by atoms with van der Waals surface area (Å²) in [5.41, 5.74) is 1.40. The summed E-state index contributed by atoms with van der Waals surface area (Å²) in [6.45, 7) is 3.10. The lowest BCUT2D eigenvalue weighted by Gasteiger charge is -2.14. The molecule has 0 aromatic heterocycles. The van der Waals surface area contributed by atoms with Crippen LogP contribution in [0, 0.1) is 0 Å². The van der Waals surface area contributed by atoms with Gasteiger partial charge in [0.15, 0.2) is 11.5 Å². The summed E-state index contributed by atoms with van der Waals surface area (Å²) >= 11 is 0. The van der Waals surface area contributed by atoms with E-state index in [0.717, 1.165) is 24.8 Å². The minimum Gasteiger partial charge on any atom is -0.496 e. The number of hydrogen-bond acceptors (Lipinski definition) is 4. The van der Waals surface area contributed by atoms with Crippen LogP contribution in [0.2, 0.25) is 0 Å². The van der Waals surface area contributed by atoms with E-state index in [1.807, 2.05) is 30.3 Å². The second-order valence-corrected chi connectivity index (χ2v) is 5.93. The third kappa shape index (κ3) is 5.41. The van der Waals surface area contributed by atoms with Gasteiger partial charge in [-0.15, -0.1) is 0 Å². The van der Waals surface area contributed by atoms with Crippen molar-refractivity contribution in [3.63, 3.8) is 0 Å². The number of ether oxygens (including phenoxy) is 3. The standard InChI is InChI=1S/C21H27NO4/c1-4-5-8-13-22-21(23)16-11-12-18(24-2)17(14-16)15-26-20-10-7-6-9-19(20)25-3/h6-7,9-12,14H,4-5,8,13,15H2,1-3H3,(H,22,23). The van der Waals surface area contributed by atoms with Crippen molar-refractivity contribution in [1.29, 1.82) is 0 Å². The molecule has 140 valence electrons. The first-order valence-electron chi connectivity index (χ1n) is 8.90. The number of benzene rings is 2. The van der Waals surface area contributed by atoms with Crippen molar-refractivity contribution in [3.8, 4) is 17.2 Å². The normalized spacial score (nSPS) is 10.3. The molecule has 0 heterocycles. The van der Waals surface area contributed by atoms with Crippen LogP contribution < -0.4 is 19.5 Å². The summed E-state index contributed by atoms with van der Waals surface area (Å²) in [5, 5.41) is 2.95. The largest absolute Gasteiger partial charge is 0.496 e. The number of amides is 1. The molecule has 0 spiro atoms. The van der Waals surface area contributed by atoms with Crippen LogP contribution in [0.1, 0.15) is 42.1 Å². The monoisotopic (exact) mass is 357 g/mol. The molecule has 0 saturated carbocycles. The van der Waals surface area contributed by atoms with Crippen molar-refractivity contribution in [2.45, 2.75) is 32.8 Å². The molecule has 5 heteroatoms. The molecular weight excluding hydrogens is 330 g/mol. The number of nitrogens with one attached hydrogen (secondary N) is 1. The lowest BCUT2D eigenvalue weighted by atomic mass is 10.1. The van der Waals surface area contributed by atoms with Gasteiger partial charge in [0.25, 0.3) is 5.91 Å². The molecule has 0 radical (unpaired) electrons. The summed E-state index contributed by atoms with van der Waals surface area (Å²) < 4.78 is 16.6. The first kappa shape index (κ1) is 19.6. The summed E-state index contributed by atoms with van der Waals surface area (Å²) in [4.78, 5) is 12.3. The molecule has 1 N–H and O–H groups in total. The zero-order valence-electron chi connectivity index (χ0n) is 15.7. The molecule has 0 fully saturated rings. The van der Waals surface area contributed by atoms with Gasteiger partial charge in [-0.25, -0.2) is 0 Å². The number of unbranched alkanes of at least 4 members (excludes halogenated alkanes) is 2. The Bertz CT molecular complexity index is 715. The molecule has 26 heavy (non-hydrogen) atoms. The van der Waals surface area contributed by atoms with Crippen molar-refractivity contribution < 1.29 is 19.0 Å². The number of methoxy groups -OCH3 is 2. The van der Waals surface area contributed by atoms with Gasteiger partial charge in [0.2, 0.25) is 0 Å². The SMILES string of the molecule is CCCCCNC(=O)c1ccc(OC)c(COc2ccccc2OC)c1. The molecule has 2 rings (SSSR count). The highest BCUT2D eigenvalue weighted by molar-refractivity contribution is 5.94. The third-order valence-electron chi connectivity index (χ3n) is 4.06. The van der Waals surface area contributed by atoms with Gasteiger partial charge in [-0.2, -0.15) is 0 Å². The molecule has 1 amide bonds. The Labute approximate surface area is 155 Å². The van der Waals surface area contributed by atoms with Crippen molar-refractivity contribution >= 4 is 5.91 Å². The number of rotatable bonds is 10. The quantitative estimate of drug-likeness (QED) is 0.648. The van der Waals surface area contributed by atoms with Crippen molar-refractivity contribution in [1.82, 2.24) is 5.32 Å². The number of carbonyl (C=O) groups excluding carboxylic acids is 1. The van der Waals surface area contributed by atoms with Crippen LogP contribution in [0.3, 0.4) is 0 Å². The van der Waals surface area contributed by atoms with Gasteiger partial charge in [-0.05, 0) is 36.8 Å². The van der Waals surface area contributed by atoms with E-state index in [9.17, 15) is 4.79 Å². The molecule has 0 aliphatic carbocycles. The van der Waals surface area contributed by atoms with E-state index in [1.54, 1.807) is 26.4 Å². The summed E-state index contributed by atoms with van der Waals surface area (Å²) in [5.74, 6) is 1.91. The maximum atomic E-state index is 12.3. The maximum absolute atomic E-state index is 12.3. The second-order valence-electron chi connectivity index (χ2n) is 5.93. The van der Waals surface area contributed by atoms with Crippen LogP contribution in [-0.2, 0) is 6.61 Å². The molecule has 5 nitrogen and oxygen atoms in total. The highest BCUT2D eigenvalue weighted by Gasteiger charge is 2.12. The van der Waals surface area contributed by atoms with Gasteiger partial charge >= 0.3 is 0 Å². The first-order valence-corrected chi connectivity index (χ1v) is 8.90. The van der Waals surface area contributed by atoms with Crippen LogP contribution >= 0.6 is 0 Å². The maximum Gasteiger partial charge on any atom is 0.251 e. The topological polar surface area (TPSA) is 56.8 Å². The van der Waals surface area contributed by atoms with Gasteiger partial charge in [0.05, 0.1) is 14.2 Å². The van der Waals surface area contributed by atoms with E-state index in [4.69, 9.17) is 14.2 Å². The molecule has 0 atom stereocenters. The third-order valence-corrected chi connectivity index (χ3v) is 4.06. The van der Waals surface area contributed by atoms with E-state index >= 15 is 0 Å². The molecule has 0 bridgehead atoms. The van der Waals surface area contributed by atoms with Gasteiger partial charge < -0.3 is 19.5 Å². The predicted octanol–water partition coefficient (Wildman–Crippen LogP) is 4.20. The van der Waals surface area contributed by atoms with E-state index in [-0.39, 0.29) is 12.5 Å². The Hall–Kier alpha value is -2.69. The molecule has 2 aromatic rings. The molecule has 0 aliphatic heterocycles. The lowest BCUT2D eigenvalue weighted by molar-refractivity contribution is 0.0952. The second kappa shape index (κ2) is 10.3. The van der Waals surface area contributed by atoms with Gasteiger partial charge in [-0.1, -0.05) is 31.9 Å². The van der Waals surface area contributed by atoms with Gasteiger partial charge in [-0.3, -0.25) is 4.79 Å². The zero-order valence-corrected chi connectivity index (χ0v) is 15.7. The Kier molecular flexibility index (Phi) is 7.80. The molecule has 2 aromatic carbocycles. The van der Waals surface area contributed by atoms with Crippen LogP contribution in [0.25, 0.3) is 0 Å². The van der Waals surface area contributed by atoms with Crippen LogP contribution in [0.5, 0.6) is 17.2 Å². The molecular formula is C21H27NO4. The fourth-order valence-corrected chi connectivity index (χ4v) is 2.61. The molecule has 0 saturated heterocycles. The zero-order chi connectivity index (χ0) is 18.8. The van der Waals surface area contributed by atoms with Gasteiger partial charge in [0, 0.05) is 17.7 Å². The molecule has 0 aliphatic rings. The average molecular weight is 357 g/mol. The minimum absolute atomic E-state index is 0.0812. The highest BCUT2D eigenvalue weighted by Crippen LogP contribution is 2.28. The number of carbonyl (C=O) groups is 1. The van der Waals surface area contributed by atoms with Crippen molar-refractivity contribution in [2.75, 3.05) is 20.8 Å². The molecule has 0 unspecified atom stereocenters. The van der Waals surface area contributed by atoms with E-state index < -0.39 is 0 Å². The Balaban J connectivity index is 2.07. The fourth-order valence-electron chi connectivity index (χ4n) is 2.61. The number of hydrogen-bond donors (Lipinski definition) is 1. The Morgan fingerprint density at radius 1 is 0.962 bits per heavy atom. The average Bonchev–Trinajstić information content (AvgIpc) is 2.69. The number of para-hydroxylation sites is 2. The predicted molar refractivity (Wildman–Crippen MR) is 102 cm³/mol. The summed E-state index contributed by atoms with van der Waals surface area (Å²) in [6, 6.07) is 12.8. The van der Waals surface area contributed by atoms with E-state index in [1.165, 1.54) is 0 Å². The smallest absolute Gasteiger partial charge is 0.251 e. The Morgan fingerprint density at radius 3 is 2.38 bits per heavy atom. The fraction of sp³-hybridized carbons (Fsp3) is 0.381. The summed E-state index contributed by atoms with van der Waals surface area (Å²) in [7, 11) is 3.21. The minimum atomic E-state index is -0.0812. The lowest BCUT2D eigenvalue weighted by Crippen LogP contribution is -2.24. The van der Waals surface area contributed by atoms with Crippen molar-refractivity contribution in [2.24, 2.45) is 0 Å².